The van der Waals surface area contributed by atoms with E-state index in [-0.39, 0.29) is 45.6 Å². The second-order valence-corrected chi connectivity index (χ2v) is 11.3. The van der Waals surface area contributed by atoms with Crippen LogP contribution in [0.4, 0.5) is 0 Å². The Morgan fingerprint density at radius 2 is 1.81 bits per heavy atom. The smallest absolute Gasteiger partial charge is 0.323 e. The quantitative estimate of drug-likeness (QED) is 0.659. The minimum absolute atomic E-state index is 0.00778. The Labute approximate surface area is 189 Å². The highest BCUT2D eigenvalue weighted by Crippen LogP contribution is 2.68. The molecule has 160 valence electrons. The number of benzene rings is 1. The lowest BCUT2D eigenvalue weighted by Gasteiger charge is -2.43. The summed E-state index contributed by atoms with van der Waals surface area (Å²) in [6, 6.07) is 7.60. The van der Waals surface area contributed by atoms with Crippen molar-refractivity contribution in [1.82, 2.24) is 9.88 Å². The van der Waals surface area contributed by atoms with Crippen LogP contribution in [0.5, 0.6) is 0 Å². The van der Waals surface area contributed by atoms with Crippen LogP contribution in [-0.2, 0) is 14.4 Å². The Hall–Kier alpha value is -2.10. The predicted octanol–water partition coefficient (Wildman–Crippen LogP) is 2.65. The molecule has 6 unspecified atom stereocenters. The number of H-pyrrole nitrogens is 1. The van der Waals surface area contributed by atoms with Crippen LogP contribution in [0.15, 0.2) is 34.1 Å². The number of likely N-dealkylation sites (tertiary alicyclic amines) is 1. The highest BCUT2D eigenvalue weighted by molar-refractivity contribution is 8.00. The molecule has 2 bridgehead atoms. The van der Waals surface area contributed by atoms with Gasteiger partial charge < -0.3 is 10.1 Å². The monoisotopic (exact) mass is 476 g/mol. The Bertz CT molecular complexity index is 1190. The van der Waals surface area contributed by atoms with Crippen LogP contribution in [0, 0.1) is 29.6 Å². The molecular formula is C21H17ClN2O5S2. The molecule has 10 heteroatoms. The molecule has 2 N–H and O–H groups in total. The van der Waals surface area contributed by atoms with Crippen molar-refractivity contribution >= 4 is 52.5 Å². The van der Waals surface area contributed by atoms with E-state index in [1.54, 1.807) is 11.8 Å². The van der Waals surface area contributed by atoms with Crippen molar-refractivity contribution in [3.63, 3.8) is 0 Å². The summed E-state index contributed by atoms with van der Waals surface area (Å²) >= 11 is 8.92. The lowest BCUT2D eigenvalue weighted by Crippen LogP contribution is -2.42. The molecule has 3 heterocycles. The van der Waals surface area contributed by atoms with Crippen molar-refractivity contribution in [2.45, 2.75) is 22.6 Å². The molecule has 3 fully saturated rings. The number of rotatable bonds is 3. The van der Waals surface area contributed by atoms with Gasteiger partial charge in [-0.15, -0.1) is 11.8 Å². The van der Waals surface area contributed by atoms with Gasteiger partial charge in [0, 0.05) is 21.1 Å². The summed E-state index contributed by atoms with van der Waals surface area (Å²) in [6.45, 7) is -0.576. The summed E-state index contributed by atoms with van der Waals surface area (Å²) in [6.07, 6.45) is 0.777. The normalized spacial score (nSPS) is 35.3. The SMILES string of the molecule is O=C(O)CN1C(=O)C2C3CC(C2C1=O)C1C3Sc2[nH]c(=O)sc2[C@@H]1c1ccc(Cl)cc1. The summed E-state index contributed by atoms with van der Waals surface area (Å²) in [7, 11) is 0. The van der Waals surface area contributed by atoms with Crippen molar-refractivity contribution < 1.29 is 19.5 Å². The predicted molar refractivity (Wildman–Crippen MR) is 114 cm³/mol. The average molecular weight is 477 g/mol. The second kappa shape index (κ2) is 6.70. The first-order chi connectivity index (χ1) is 14.8. The van der Waals surface area contributed by atoms with Crippen molar-refractivity contribution in [2.24, 2.45) is 29.6 Å². The van der Waals surface area contributed by atoms with Crippen LogP contribution in [0.25, 0.3) is 0 Å². The number of aromatic nitrogens is 1. The molecule has 0 spiro atoms. The fraction of sp³-hybridized carbons (Fsp3) is 0.429. The van der Waals surface area contributed by atoms with Crippen molar-refractivity contribution in [2.75, 3.05) is 6.54 Å². The van der Waals surface area contributed by atoms with Crippen LogP contribution < -0.4 is 4.87 Å². The molecule has 1 aromatic carbocycles. The van der Waals surface area contributed by atoms with Gasteiger partial charge >= 0.3 is 10.8 Å². The number of imide groups is 1. The van der Waals surface area contributed by atoms with Gasteiger partial charge in [-0.25, -0.2) is 0 Å². The number of amides is 2. The summed E-state index contributed by atoms with van der Waals surface area (Å²) in [4.78, 5) is 54.3. The van der Waals surface area contributed by atoms with Crippen LogP contribution in [0.1, 0.15) is 22.8 Å². The second-order valence-electron chi connectivity index (χ2n) is 8.67. The van der Waals surface area contributed by atoms with Gasteiger partial charge in [-0.05, 0) is 41.9 Å². The van der Waals surface area contributed by atoms with Gasteiger partial charge in [-0.1, -0.05) is 35.1 Å². The summed E-state index contributed by atoms with van der Waals surface area (Å²) in [5, 5.41) is 10.7. The summed E-state index contributed by atoms with van der Waals surface area (Å²) in [5.41, 5.74) is 1.04. The van der Waals surface area contributed by atoms with Crippen LogP contribution in [0.2, 0.25) is 5.02 Å². The number of fused-ring (bicyclic) bond motifs is 9. The molecular weight excluding hydrogens is 460 g/mol. The molecule has 7 atom stereocenters. The Morgan fingerprint density at radius 3 is 2.48 bits per heavy atom. The molecule has 2 aromatic rings. The van der Waals surface area contributed by atoms with Crippen molar-refractivity contribution in [3.05, 3.63) is 49.4 Å². The molecule has 7 nitrogen and oxygen atoms in total. The Kier molecular flexibility index (Phi) is 4.23. The van der Waals surface area contributed by atoms with E-state index in [4.69, 9.17) is 16.7 Å². The van der Waals surface area contributed by atoms with Gasteiger partial charge in [-0.2, -0.15) is 0 Å². The standard InChI is InChI=1S/C21H17ClN2O5S2/c22-8-3-1-7(2-4-8)12-13-9-5-10(16(13)30-18-17(12)31-21(29)23-18)15-14(9)19(27)24(20(15)28)6-11(25)26/h1-4,9-10,12-16H,5-6H2,(H,23,29)(H,25,26)/t9?,10?,12-,13?,14?,15?,16?/m1/s1. The van der Waals surface area contributed by atoms with Gasteiger partial charge in [0.25, 0.3) is 0 Å². The molecule has 1 saturated heterocycles. The first kappa shape index (κ1) is 19.6. The molecule has 2 saturated carbocycles. The maximum absolute atomic E-state index is 13.1. The highest BCUT2D eigenvalue weighted by atomic mass is 35.5. The third-order valence-corrected chi connectivity index (χ3v) is 10.2. The number of carbonyl (C=O) groups is 3. The van der Waals surface area contributed by atoms with Crippen LogP contribution >= 0.6 is 34.7 Å². The van der Waals surface area contributed by atoms with Gasteiger partial charge in [0.05, 0.1) is 16.9 Å². The number of aromatic amines is 1. The minimum Gasteiger partial charge on any atom is -0.480 e. The summed E-state index contributed by atoms with van der Waals surface area (Å²) < 4.78 is 0. The number of nitrogens with one attached hydrogen (secondary N) is 1. The van der Waals surface area contributed by atoms with Gasteiger partial charge in [0.1, 0.15) is 6.54 Å². The molecule has 31 heavy (non-hydrogen) atoms. The summed E-state index contributed by atoms with van der Waals surface area (Å²) in [5.74, 6) is -2.80. The highest BCUT2D eigenvalue weighted by Gasteiger charge is 2.69. The van der Waals surface area contributed by atoms with E-state index < -0.39 is 24.3 Å². The molecule has 0 radical (unpaired) electrons. The van der Waals surface area contributed by atoms with Crippen molar-refractivity contribution in [1.29, 1.82) is 0 Å². The van der Waals surface area contributed by atoms with E-state index in [0.29, 0.717) is 5.02 Å². The lowest BCUT2D eigenvalue weighted by molar-refractivity contribution is -0.149. The first-order valence-electron chi connectivity index (χ1n) is 10.1. The number of hydrogen-bond acceptors (Lipinski definition) is 6. The van der Waals surface area contributed by atoms with E-state index in [2.05, 4.69) is 4.98 Å². The molecule has 4 aliphatic rings. The van der Waals surface area contributed by atoms with E-state index in [1.807, 2.05) is 24.3 Å². The zero-order valence-electron chi connectivity index (χ0n) is 16.0. The number of nitrogens with zero attached hydrogens (tertiary/aromatic N) is 1. The Balaban J connectivity index is 1.45. The minimum atomic E-state index is -1.18. The molecule has 2 amide bonds. The fourth-order valence-corrected chi connectivity index (χ4v) is 9.43. The zero-order chi connectivity index (χ0) is 21.6. The number of thioether (sulfide) groups is 1. The van der Waals surface area contributed by atoms with Crippen LogP contribution in [0.3, 0.4) is 0 Å². The first-order valence-corrected chi connectivity index (χ1v) is 12.1. The Morgan fingerprint density at radius 1 is 1.13 bits per heavy atom. The van der Waals surface area contributed by atoms with Gasteiger partial charge in [0.2, 0.25) is 11.8 Å². The molecule has 2 aliphatic carbocycles. The maximum atomic E-state index is 13.1. The molecule has 1 aromatic heterocycles. The number of carboxylic acids is 1. The largest absolute Gasteiger partial charge is 0.480 e. The molecule has 2 aliphatic heterocycles. The lowest BCUT2D eigenvalue weighted by atomic mass is 9.68. The van der Waals surface area contributed by atoms with Crippen LogP contribution in [-0.4, -0.2) is 44.6 Å². The van der Waals surface area contributed by atoms with Crippen molar-refractivity contribution in [3.8, 4) is 0 Å². The number of hydrogen-bond donors (Lipinski definition) is 2. The number of aliphatic carboxylic acids is 1. The number of carbonyl (C=O) groups excluding carboxylic acids is 2. The maximum Gasteiger partial charge on any atom is 0.323 e. The van der Waals surface area contributed by atoms with Gasteiger partial charge in [-0.3, -0.25) is 24.1 Å². The van der Waals surface area contributed by atoms with Gasteiger partial charge in [0.15, 0.2) is 0 Å². The third kappa shape index (κ3) is 2.66. The number of carboxylic acid groups (broad SMARTS) is 1. The fourth-order valence-electron chi connectivity index (χ4n) is 6.41. The van der Waals surface area contributed by atoms with E-state index in [0.717, 1.165) is 26.8 Å². The van der Waals surface area contributed by atoms with E-state index in [1.165, 1.54) is 11.3 Å². The zero-order valence-corrected chi connectivity index (χ0v) is 18.4. The topological polar surface area (TPSA) is 108 Å². The van der Waals surface area contributed by atoms with E-state index >= 15 is 0 Å². The third-order valence-electron chi connectivity index (χ3n) is 7.34. The average Bonchev–Trinajstić information content (AvgIpc) is 3.44. The molecule has 6 rings (SSSR count). The van der Waals surface area contributed by atoms with E-state index in [9.17, 15) is 19.2 Å². The number of halogens is 1. The number of thiazole rings is 1.